The van der Waals surface area contributed by atoms with E-state index in [0.29, 0.717) is 26.2 Å². The second kappa shape index (κ2) is 6.12. The van der Waals surface area contributed by atoms with Crippen molar-refractivity contribution in [3.8, 4) is 0 Å². The highest BCUT2D eigenvalue weighted by Gasteiger charge is 2.32. The molecule has 2 amide bonds. The maximum atomic E-state index is 11.9. The van der Waals surface area contributed by atoms with E-state index in [0.717, 1.165) is 0 Å². The molecule has 0 aromatic heterocycles. The van der Waals surface area contributed by atoms with E-state index in [9.17, 15) is 9.59 Å². The van der Waals surface area contributed by atoms with Crippen LogP contribution in [0.25, 0.3) is 0 Å². The first-order chi connectivity index (χ1) is 8.74. The van der Waals surface area contributed by atoms with Crippen molar-refractivity contribution in [1.29, 1.82) is 0 Å². The predicted octanol–water partition coefficient (Wildman–Crippen LogP) is 2.08. The fraction of sp³-hybridized carbons (Fsp3) is 0.846. The zero-order valence-corrected chi connectivity index (χ0v) is 12.4. The Bertz CT molecular complexity index is 338. The van der Waals surface area contributed by atoms with Gasteiger partial charge in [0.1, 0.15) is 5.60 Å². The Morgan fingerprint density at radius 1 is 1.21 bits per heavy atom. The number of piperazine rings is 1. The zero-order chi connectivity index (χ0) is 14.6. The van der Waals surface area contributed by atoms with Crippen molar-refractivity contribution in [3.05, 3.63) is 0 Å². The van der Waals surface area contributed by atoms with Crippen molar-refractivity contribution in [1.82, 2.24) is 9.80 Å². The molecule has 19 heavy (non-hydrogen) atoms. The van der Waals surface area contributed by atoms with Gasteiger partial charge >= 0.3 is 12.2 Å². The maximum Gasteiger partial charge on any atom is 0.410 e. The van der Waals surface area contributed by atoms with Crippen LogP contribution in [0.4, 0.5) is 9.59 Å². The maximum absolute atomic E-state index is 11.9. The van der Waals surface area contributed by atoms with Crippen LogP contribution in [0.2, 0.25) is 0 Å². The quantitative estimate of drug-likeness (QED) is 0.733. The largest absolute Gasteiger partial charge is 0.450 e. The fourth-order valence-electron chi connectivity index (χ4n) is 1.93. The number of carbonyl (C=O) groups excluding carboxylic acids is 2. The van der Waals surface area contributed by atoms with E-state index in [1.807, 2.05) is 27.7 Å². The summed E-state index contributed by atoms with van der Waals surface area (Å²) in [5.41, 5.74) is -0.501. The lowest BCUT2D eigenvalue weighted by atomic mass is 10.2. The summed E-state index contributed by atoms with van der Waals surface area (Å²) in [5, 5.41) is 0. The Kier molecular flexibility index (Phi) is 5.03. The van der Waals surface area contributed by atoms with Gasteiger partial charge in [-0.05, 0) is 34.6 Å². The summed E-state index contributed by atoms with van der Waals surface area (Å²) in [4.78, 5) is 26.9. The number of hydrogen-bond acceptors (Lipinski definition) is 4. The molecule has 1 heterocycles. The van der Waals surface area contributed by atoms with Gasteiger partial charge in [0, 0.05) is 19.6 Å². The van der Waals surface area contributed by atoms with E-state index >= 15 is 0 Å². The summed E-state index contributed by atoms with van der Waals surface area (Å²) in [7, 11) is 0. The monoisotopic (exact) mass is 272 g/mol. The van der Waals surface area contributed by atoms with Crippen LogP contribution in [-0.2, 0) is 9.47 Å². The highest BCUT2D eigenvalue weighted by Crippen LogP contribution is 2.15. The topological polar surface area (TPSA) is 59.1 Å². The second-order valence-corrected chi connectivity index (χ2v) is 5.67. The van der Waals surface area contributed by atoms with Gasteiger partial charge < -0.3 is 19.3 Å². The SMILES string of the molecule is CCOC(=O)N1CCN(C(=O)OC(C)(C)C)C[C@H]1C. The van der Waals surface area contributed by atoms with E-state index < -0.39 is 5.60 Å². The van der Waals surface area contributed by atoms with Crippen molar-refractivity contribution in [2.45, 2.75) is 46.3 Å². The minimum Gasteiger partial charge on any atom is -0.450 e. The highest BCUT2D eigenvalue weighted by molar-refractivity contribution is 5.71. The van der Waals surface area contributed by atoms with Crippen LogP contribution in [0, 0.1) is 0 Å². The highest BCUT2D eigenvalue weighted by atomic mass is 16.6. The molecule has 110 valence electrons. The summed E-state index contributed by atoms with van der Waals surface area (Å²) >= 11 is 0. The summed E-state index contributed by atoms with van der Waals surface area (Å²) in [6.07, 6.45) is -0.651. The van der Waals surface area contributed by atoms with Crippen LogP contribution >= 0.6 is 0 Å². The molecule has 0 bridgehead atoms. The van der Waals surface area contributed by atoms with E-state index in [1.165, 1.54) is 0 Å². The lowest BCUT2D eigenvalue weighted by Crippen LogP contribution is -2.56. The first kappa shape index (κ1) is 15.6. The summed E-state index contributed by atoms with van der Waals surface area (Å²) < 4.78 is 10.3. The smallest absolute Gasteiger partial charge is 0.410 e. The number of carbonyl (C=O) groups is 2. The minimum absolute atomic E-state index is 0.0691. The third-order valence-electron chi connectivity index (χ3n) is 2.78. The first-order valence-electron chi connectivity index (χ1n) is 6.66. The van der Waals surface area contributed by atoms with Crippen molar-refractivity contribution >= 4 is 12.2 Å². The lowest BCUT2D eigenvalue weighted by molar-refractivity contribution is 0.00440. The third-order valence-corrected chi connectivity index (χ3v) is 2.78. The van der Waals surface area contributed by atoms with E-state index in [1.54, 1.807) is 16.7 Å². The number of nitrogens with zero attached hydrogens (tertiary/aromatic N) is 2. The van der Waals surface area contributed by atoms with Gasteiger partial charge in [0.2, 0.25) is 0 Å². The Balaban J connectivity index is 2.54. The molecule has 1 fully saturated rings. The molecule has 1 rings (SSSR count). The van der Waals surface area contributed by atoms with Crippen LogP contribution in [-0.4, -0.2) is 59.9 Å². The molecule has 6 heteroatoms. The van der Waals surface area contributed by atoms with Crippen molar-refractivity contribution < 1.29 is 19.1 Å². The van der Waals surface area contributed by atoms with E-state index in [-0.39, 0.29) is 18.2 Å². The molecule has 0 aromatic carbocycles. The van der Waals surface area contributed by atoms with Crippen LogP contribution in [0.15, 0.2) is 0 Å². The van der Waals surface area contributed by atoms with Gasteiger partial charge in [-0.2, -0.15) is 0 Å². The molecule has 0 saturated carbocycles. The van der Waals surface area contributed by atoms with Crippen molar-refractivity contribution in [2.75, 3.05) is 26.2 Å². The number of hydrogen-bond donors (Lipinski definition) is 0. The molecular formula is C13H24N2O4. The second-order valence-electron chi connectivity index (χ2n) is 5.67. The lowest BCUT2D eigenvalue weighted by Gasteiger charge is -2.39. The minimum atomic E-state index is -0.501. The molecule has 0 spiro atoms. The molecule has 1 atom stereocenters. The van der Waals surface area contributed by atoms with E-state index in [2.05, 4.69) is 0 Å². The number of rotatable bonds is 1. The molecule has 1 aliphatic rings. The normalized spacial score (nSPS) is 20.2. The molecule has 0 N–H and O–H groups in total. The number of amides is 2. The Labute approximate surface area is 114 Å². The van der Waals surface area contributed by atoms with Crippen LogP contribution in [0.5, 0.6) is 0 Å². The summed E-state index contributed by atoms with van der Waals surface area (Å²) in [6, 6.07) is -0.0691. The van der Waals surface area contributed by atoms with Gasteiger partial charge in [-0.3, -0.25) is 0 Å². The fourth-order valence-corrected chi connectivity index (χ4v) is 1.93. The summed E-state index contributed by atoms with van der Waals surface area (Å²) in [6.45, 7) is 10.9. The van der Waals surface area contributed by atoms with Crippen molar-refractivity contribution in [2.24, 2.45) is 0 Å². The van der Waals surface area contributed by atoms with Crippen LogP contribution in [0.3, 0.4) is 0 Å². The average Bonchev–Trinajstić information content (AvgIpc) is 2.26. The molecule has 0 aliphatic carbocycles. The Morgan fingerprint density at radius 3 is 2.32 bits per heavy atom. The van der Waals surface area contributed by atoms with Gasteiger partial charge in [-0.25, -0.2) is 9.59 Å². The standard InChI is InChI=1S/C13H24N2O4/c1-6-18-12(17)15-8-7-14(9-10(15)2)11(16)19-13(3,4)5/h10H,6-9H2,1-5H3/t10-/m1/s1. The molecule has 1 aliphatic heterocycles. The Hall–Kier alpha value is -1.46. The molecule has 0 radical (unpaired) electrons. The Morgan fingerprint density at radius 2 is 1.84 bits per heavy atom. The van der Waals surface area contributed by atoms with Gasteiger partial charge in [-0.1, -0.05) is 0 Å². The van der Waals surface area contributed by atoms with Gasteiger partial charge in [-0.15, -0.1) is 0 Å². The van der Waals surface area contributed by atoms with Gasteiger partial charge in [0.05, 0.1) is 12.6 Å². The van der Waals surface area contributed by atoms with E-state index in [4.69, 9.17) is 9.47 Å². The average molecular weight is 272 g/mol. The molecule has 0 aromatic rings. The van der Waals surface area contributed by atoms with Gasteiger partial charge in [0.15, 0.2) is 0 Å². The van der Waals surface area contributed by atoms with Crippen LogP contribution < -0.4 is 0 Å². The molecule has 6 nitrogen and oxygen atoms in total. The predicted molar refractivity (Wildman–Crippen MR) is 71.0 cm³/mol. The third kappa shape index (κ3) is 4.61. The summed E-state index contributed by atoms with van der Waals surface area (Å²) in [5.74, 6) is 0. The van der Waals surface area contributed by atoms with Crippen molar-refractivity contribution in [3.63, 3.8) is 0 Å². The number of ether oxygens (including phenoxy) is 2. The molecular weight excluding hydrogens is 248 g/mol. The van der Waals surface area contributed by atoms with Gasteiger partial charge in [0.25, 0.3) is 0 Å². The first-order valence-corrected chi connectivity index (χ1v) is 6.66. The zero-order valence-electron chi connectivity index (χ0n) is 12.4. The molecule has 0 unspecified atom stereocenters. The molecule has 1 saturated heterocycles. The van der Waals surface area contributed by atoms with Crippen LogP contribution in [0.1, 0.15) is 34.6 Å².